The summed E-state index contributed by atoms with van der Waals surface area (Å²) >= 11 is 2.13. The van der Waals surface area contributed by atoms with Gasteiger partial charge in [0.1, 0.15) is 5.75 Å². The van der Waals surface area contributed by atoms with Crippen molar-refractivity contribution in [3.8, 4) is 5.75 Å². The summed E-state index contributed by atoms with van der Waals surface area (Å²) in [5.41, 5.74) is -3.75. The van der Waals surface area contributed by atoms with Crippen LogP contribution in [0.4, 0.5) is 13.2 Å². The minimum Gasteiger partial charge on any atom is -0.376 e. The molecule has 0 amide bonds. The molecule has 21 heavy (non-hydrogen) atoms. The first-order valence-corrected chi connectivity index (χ1v) is 8.93. The Labute approximate surface area is 134 Å². The fraction of sp³-hybridized carbons (Fsp3) is 0.538. The van der Waals surface area contributed by atoms with Crippen molar-refractivity contribution in [1.82, 2.24) is 0 Å². The van der Waals surface area contributed by atoms with Crippen LogP contribution in [0.3, 0.4) is 0 Å². The lowest BCUT2D eigenvalue weighted by Crippen LogP contribution is -2.30. The monoisotopic (exact) mass is 432 g/mol. The third-order valence-corrected chi connectivity index (χ3v) is 6.31. The fourth-order valence-corrected chi connectivity index (χ4v) is 4.30. The average molecular weight is 432 g/mol. The molecule has 0 N–H and O–H groups in total. The van der Waals surface area contributed by atoms with Gasteiger partial charge in [0.2, 0.25) is 0 Å². The van der Waals surface area contributed by atoms with Gasteiger partial charge in [0, 0.05) is 9.13 Å². The highest BCUT2D eigenvalue weighted by Gasteiger charge is 2.50. The van der Waals surface area contributed by atoms with Crippen LogP contribution in [0, 0.1) is 8.99 Å². The van der Waals surface area contributed by atoms with Crippen LogP contribution in [0.25, 0.3) is 0 Å². The molecule has 0 unspecified atom stereocenters. The Morgan fingerprint density at radius 3 is 2.29 bits per heavy atom. The largest absolute Gasteiger partial charge is 0.534 e. The highest BCUT2D eigenvalue weighted by molar-refractivity contribution is 14.1. The molecule has 0 radical (unpaired) electrons. The van der Waals surface area contributed by atoms with Crippen molar-refractivity contribution < 1.29 is 25.8 Å². The first-order valence-electron chi connectivity index (χ1n) is 6.45. The van der Waals surface area contributed by atoms with Gasteiger partial charge in [-0.1, -0.05) is 6.42 Å². The minimum absolute atomic E-state index is 0.101. The Morgan fingerprint density at radius 2 is 1.76 bits per heavy atom. The highest BCUT2D eigenvalue weighted by atomic mass is 127. The maximum Gasteiger partial charge on any atom is 0.534 e. The number of rotatable bonds is 2. The number of hydrogen-bond acceptors (Lipinski definition) is 3. The second-order valence-electron chi connectivity index (χ2n) is 5.69. The number of alkyl halides is 3. The number of hydrogen-bond donors (Lipinski definition) is 0. The Balaban J connectivity index is 1.98. The number of halogens is 4. The van der Waals surface area contributed by atoms with Gasteiger partial charge in [-0.3, -0.25) is 0 Å². The Kier molecular flexibility index (Phi) is 3.47. The van der Waals surface area contributed by atoms with E-state index in [1.165, 1.54) is 6.07 Å². The third-order valence-electron chi connectivity index (χ3n) is 4.33. The van der Waals surface area contributed by atoms with Crippen molar-refractivity contribution >= 4 is 32.7 Å². The standard InChI is InChI=1S/C13H12F3IO3S/c14-13(15,16)21(18,19)20-11-3-2-10(17)8-6-12(4-1-5-12)7-9(8)11/h2-3H,1,4-7H2. The topological polar surface area (TPSA) is 43.4 Å². The van der Waals surface area contributed by atoms with E-state index in [4.69, 9.17) is 0 Å². The molecule has 2 aliphatic carbocycles. The predicted molar refractivity (Wildman–Crippen MR) is 78.5 cm³/mol. The average Bonchev–Trinajstić information content (AvgIpc) is 2.73. The molecule has 0 bridgehead atoms. The van der Waals surface area contributed by atoms with Gasteiger partial charge in [-0.2, -0.15) is 21.6 Å². The molecule has 116 valence electrons. The Bertz CT molecular complexity index is 693. The van der Waals surface area contributed by atoms with Crippen molar-refractivity contribution in [2.75, 3.05) is 0 Å². The van der Waals surface area contributed by atoms with Gasteiger partial charge < -0.3 is 4.18 Å². The van der Waals surface area contributed by atoms with Crippen LogP contribution in [-0.2, 0) is 23.0 Å². The molecule has 0 heterocycles. The molecule has 0 aromatic heterocycles. The van der Waals surface area contributed by atoms with Gasteiger partial charge >= 0.3 is 15.6 Å². The highest BCUT2D eigenvalue weighted by Crippen LogP contribution is 2.54. The molecule has 0 atom stereocenters. The summed E-state index contributed by atoms with van der Waals surface area (Å²) in [5, 5.41) is 0. The van der Waals surface area contributed by atoms with Crippen LogP contribution < -0.4 is 4.18 Å². The molecule has 1 aromatic rings. The molecular formula is C13H12F3IO3S. The van der Waals surface area contributed by atoms with Gasteiger partial charge in [-0.15, -0.1) is 0 Å². The molecule has 1 fully saturated rings. The first-order chi connectivity index (χ1) is 9.64. The van der Waals surface area contributed by atoms with Gasteiger partial charge in [0.15, 0.2) is 0 Å². The number of benzene rings is 1. The maximum atomic E-state index is 12.5. The maximum absolute atomic E-state index is 12.5. The molecule has 0 aliphatic heterocycles. The molecule has 0 saturated heterocycles. The van der Waals surface area contributed by atoms with Crippen molar-refractivity contribution in [1.29, 1.82) is 0 Å². The smallest absolute Gasteiger partial charge is 0.376 e. The molecule has 1 saturated carbocycles. The molecule has 8 heteroatoms. The summed E-state index contributed by atoms with van der Waals surface area (Å²) in [6.45, 7) is 0. The normalized spacial score (nSPS) is 20.2. The van der Waals surface area contributed by atoms with Gasteiger partial charge in [-0.25, -0.2) is 0 Å². The van der Waals surface area contributed by atoms with Crippen molar-refractivity contribution in [3.05, 3.63) is 26.8 Å². The van der Waals surface area contributed by atoms with Crippen LogP contribution in [-0.4, -0.2) is 13.9 Å². The number of fused-ring (bicyclic) bond motifs is 1. The van der Waals surface area contributed by atoms with E-state index in [2.05, 4.69) is 26.8 Å². The van der Waals surface area contributed by atoms with E-state index < -0.39 is 15.6 Å². The summed E-state index contributed by atoms with van der Waals surface area (Å²) in [6.07, 6.45) is 4.57. The summed E-state index contributed by atoms with van der Waals surface area (Å²) in [5.74, 6) is -0.175. The van der Waals surface area contributed by atoms with Gasteiger partial charge in [0.25, 0.3) is 0 Å². The van der Waals surface area contributed by atoms with E-state index in [0.717, 1.165) is 34.8 Å². The van der Waals surface area contributed by atoms with Gasteiger partial charge in [0.05, 0.1) is 0 Å². The summed E-state index contributed by atoms with van der Waals surface area (Å²) < 4.78 is 65.1. The lowest BCUT2D eigenvalue weighted by atomic mass is 9.67. The van der Waals surface area contributed by atoms with Crippen LogP contribution in [0.2, 0.25) is 0 Å². The van der Waals surface area contributed by atoms with Crippen LogP contribution in [0.5, 0.6) is 5.75 Å². The molecule has 2 aliphatic rings. The summed E-state index contributed by atoms with van der Waals surface area (Å²) in [7, 11) is -5.61. The van der Waals surface area contributed by atoms with E-state index in [1.807, 2.05) is 0 Å². The van der Waals surface area contributed by atoms with E-state index in [1.54, 1.807) is 6.07 Å². The zero-order valence-corrected chi connectivity index (χ0v) is 13.8. The lowest BCUT2D eigenvalue weighted by Gasteiger charge is -2.38. The molecular weight excluding hydrogens is 420 g/mol. The quantitative estimate of drug-likeness (QED) is 0.406. The second kappa shape index (κ2) is 4.74. The van der Waals surface area contributed by atoms with Crippen molar-refractivity contribution in [2.24, 2.45) is 5.41 Å². The van der Waals surface area contributed by atoms with Crippen LogP contribution in [0.1, 0.15) is 30.4 Å². The first kappa shape index (κ1) is 15.4. The minimum atomic E-state index is -5.61. The predicted octanol–water partition coefficient (Wildman–Crippen LogP) is 3.79. The van der Waals surface area contributed by atoms with Crippen molar-refractivity contribution in [3.63, 3.8) is 0 Å². The van der Waals surface area contributed by atoms with Crippen LogP contribution in [0.15, 0.2) is 12.1 Å². The molecule has 1 aromatic carbocycles. The zero-order chi connectivity index (χ0) is 15.5. The van der Waals surface area contributed by atoms with E-state index >= 15 is 0 Å². The Morgan fingerprint density at radius 1 is 1.14 bits per heavy atom. The molecule has 1 spiro atoms. The zero-order valence-electron chi connectivity index (χ0n) is 10.8. The Hall–Kier alpha value is -0.510. The van der Waals surface area contributed by atoms with Gasteiger partial charge in [-0.05, 0) is 71.4 Å². The van der Waals surface area contributed by atoms with E-state index in [9.17, 15) is 21.6 Å². The van der Waals surface area contributed by atoms with E-state index in [-0.39, 0.29) is 11.2 Å². The SMILES string of the molecule is O=S(=O)(Oc1ccc(I)c2c1CC1(CCC1)C2)C(F)(F)F. The summed E-state index contributed by atoms with van der Waals surface area (Å²) in [4.78, 5) is 0. The molecule has 3 nitrogen and oxygen atoms in total. The van der Waals surface area contributed by atoms with Crippen molar-refractivity contribution in [2.45, 2.75) is 37.6 Å². The van der Waals surface area contributed by atoms with E-state index in [0.29, 0.717) is 12.0 Å². The second-order valence-corrected chi connectivity index (χ2v) is 8.39. The third kappa shape index (κ3) is 2.54. The summed E-state index contributed by atoms with van der Waals surface area (Å²) in [6, 6.07) is 2.93. The van der Waals surface area contributed by atoms with Crippen LogP contribution >= 0.6 is 22.6 Å². The molecule has 3 rings (SSSR count). The lowest BCUT2D eigenvalue weighted by molar-refractivity contribution is -0.0500. The fourth-order valence-electron chi connectivity index (χ4n) is 3.11.